The van der Waals surface area contributed by atoms with Crippen LogP contribution in [-0.4, -0.2) is 24.4 Å². The first-order chi connectivity index (χ1) is 10.1. The van der Waals surface area contributed by atoms with Gasteiger partial charge >= 0.3 is 0 Å². The van der Waals surface area contributed by atoms with E-state index in [2.05, 4.69) is 5.32 Å². The summed E-state index contributed by atoms with van der Waals surface area (Å²) in [7, 11) is 0. The molecule has 1 heterocycles. The molecule has 1 aliphatic rings. The number of carbonyl (C=O) groups excluding carboxylic acids is 2. The third kappa shape index (κ3) is 5.31. The fourth-order valence-electron chi connectivity index (χ4n) is 2.44. The predicted octanol–water partition coefficient (Wildman–Crippen LogP) is 1.98. The highest BCUT2D eigenvalue weighted by molar-refractivity contribution is 5.93. The van der Waals surface area contributed by atoms with Gasteiger partial charge in [0, 0.05) is 37.7 Å². The number of nitrogens with zero attached hydrogens (tertiary/aromatic N) is 1. The van der Waals surface area contributed by atoms with E-state index in [9.17, 15) is 9.59 Å². The van der Waals surface area contributed by atoms with E-state index >= 15 is 0 Å². The zero-order valence-corrected chi connectivity index (χ0v) is 13.7. The Morgan fingerprint density at radius 1 is 1.32 bits per heavy atom. The van der Waals surface area contributed by atoms with Crippen LogP contribution in [0.5, 0.6) is 0 Å². The van der Waals surface area contributed by atoms with E-state index in [1.165, 1.54) is 0 Å². The van der Waals surface area contributed by atoms with Crippen molar-refractivity contribution in [3.05, 3.63) is 29.8 Å². The maximum Gasteiger partial charge on any atom is 0.226 e. The monoisotopic (exact) mass is 325 g/mol. The van der Waals surface area contributed by atoms with Crippen molar-refractivity contribution in [1.82, 2.24) is 5.32 Å². The number of nitrogens with one attached hydrogen (secondary N) is 1. The van der Waals surface area contributed by atoms with Crippen molar-refractivity contribution in [3.8, 4) is 0 Å². The molecule has 22 heavy (non-hydrogen) atoms. The Kier molecular flexibility index (Phi) is 7.35. The normalized spacial score (nSPS) is 15.9. The van der Waals surface area contributed by atoms with E-state index in [4.69, 9.17) is 5.73 Å². The molecule has 2 amide bonds. The van der Waals surface area contributed by atoms with E-state index in [1.807, 2.05) is 36.1 Å². The van der Waals surface area contributed by atoms with Gasteiger partial charge in [-0.25, -0.2) is 0 Å². The molecule has 1 aromatic rings. The lowest BCUT2D eigenvalue weighted by Gasteiger charge is -2.26. The highest BCUT2D eigenvalue weighted by atomic mass is 35.5. The second-order valence-corrected chi connectivity index (χ2v) is 5.63. The molecule has 1 aliphatic heterocycles. The second kappa shape index (κ2) is 8.76. The first-order valence-corrected chi connectivity index (χ1v) is 7.48. The van der Waals surface area contributed by atoms with Crippen LogP contribution in [-0.2, 0) is 16.1 Å². The van der Waals surface area contributed by atoms with Crippen molar-refractivity contribution in [2.75, 3.05) is 11.4 Å². The summed E-state index contributed by atoms with van der Waals surface area (Å²) in [5.74, 6) is 0.152. The summed E-state index contributed by atoms with van der Waals surface area (Å²) >= 11 is 0. The lowest BCUT2D eigenvalue weighted by atomic mass is 10.1. The van der Waals surface area contributed by atoms with Gasteiger partial charge < -0.3 is 16.0 Å². The molecule has 0 saturated carbocycles. The van der Waals surface area contributed by atoms with Crippen molar-refractivity contribution in [2.24, 2.45) is 5.73 Å². The Labute approximate surface area is 137 Å². The summed E-state index contributed by atoms with van der Waals surface area (Å²) in [5, 5.41) is 2.84. The molecule has 1 saturated heterocycles. The summed E-state index contributed by atoms with van der Waals surface area (Å²) in [4.78, 5) is 25.2. The van der Waals surface area contributed by atoms with Crippen molar-refractivity contribution < 1.29 is 9.59 Å². The maximum atomic E-state index is 11.9. The van der Waals surface area contributed by atoms with Crippen LogP contribution in [0.2, 0.25) is 0 Å². The fourth-order valence-corrected chi connectivity index (χ4v) is 2.44. The Hall–Kier alpha value is -1.59. The second-order valence-electron chi connectivity index (χ2n) is 5.63. The molecule has 0 radical (unpaired) electrons. The minimum Gasteiger partial charge on any atom is -0.352 e. The molecule has 0 spiro atoms. The molecule has 1 atom stereocenters. The summed E-state index contributed by atoms with van der Waals surface area (Å²) in [6.45, 7) is 3.09. The van der Waals surface area contributed by atoms with Crippen molar-refractivity contribution >= 4 is 29.9 Å². The number of rotatable bonds is 5. The number of hydrogen-bond acceptors (Lipinski definition) is 3. The molecule has 2 rings (SSSR count). The van der Waals surface area contributed by atoms with Gasteiger partial charge in [0.2, 0.25) is 11.8 Å². The van der Waals surface area contributed by atoms with Crippen LogP contribution in [0.25, 0.3) is 0 Å². The quantitative estimate of drug-likeness (QED) is 0.869. The van der Waals surface area contributed by atoms with Crippen LogP contribution in [0.4, 0.5) is 5.69 Å². The molecular weight excluding hydrogens is 302 g/mol. The molecule has 0 aromatic heterocycles. The number of halogens is 1. The molecule has 6 heteroatoms. The van der Waals surface area contributed by atoms with Crippen molar-refractivity contribution in [3.63, 3.8) is 0 Å². The molecule has 122 valence electrons. The Bertz CT molecular complexity index is 503. The fraction of sp³-hybridized carbons (Fsp3) is 0.500. The molecule has 0 bridgehead atoms. The molecule has 0 aliphatic carbocycles. The maximum absolute atomic E-state index is 11.9. The van der Waals surface area contributed by atoms with Gasteiger partial charge in [0.15, 0.2) is 0 Å². The predicted molar refractivity (Wildman–Crippen MR) is 90.0 cm³/mol. The van der Waals surface area contributed by atoms with E-state index in [0.717, 1.165) is 30.6 Å². The van der Waals surface area contributed by atoms with Gasteiger partial charge in [-0.05, 0) is 37.5 Å². The minimum absolute atomic E-state index is 0. The Morgan fingerprint density at radius 3 is 2.59 bits per heavy atom. The average molecular weight is 326 g/mol. The largest absolute Gasteiger partial charge is 0.352 e. The summed E-state index contributed by atoms with van der Waals surface area (Å²) in [5.41, 5.74) is 7.53. The first-order valence-electron chi connectivity index (χ1n) is 7.48. The smallest absolute Gasteiger partial charge is 0.226 e. The number of amides is 2. The van der Waals surface area contributed by atoms with Crippen LogP contribution in [0, 0.1) is 0 Å². The minimum atomic E-state index is -0.127. The summed E-state index contributed by atoms with van der Waals surface area (Å²) in [6, 6.07) is 7.65. The third-order valence-electron chi connectivity index (χ3n) is 3.57. The number of hydrogen-bond donors (Lipinski definition) is 2. The molecule has 1 fully saturated rings. The topological polar surface area (TPSA) is 75.4 Å². The SMILES string of the molecule is CC(N)CC(=O)NCc1ccc(N2CCCCC2=O)cc1.Cl. The zero-order chi connectivity index (χ0) is 15.2. The number of carbonyl (C=O) groups is 2. The van der Waals surface area contributed by atoms with Crippen LogP contribution in [0.3, 0.4) is 0 Å². The lowest BCUT2D eigenvalue weighted by molar-refractivity contribution is -0.121. The van der Waals surface area contributed by atoms with Crippen molar-refractivity contribution in [1.29, 1.82) is 0 Å². The van der Waals surface area contributed by atoms with E-state index in [1.54, 1.807) is 0 Å². The van der Waals surface area contributed by atoms with E-state index in [-0.39, 0.29) is 30.3 Å². The van der Waals surface area contributed by atoms with Gasteiger partial charge in [0.05, 0.1) is 0 Å². The highest BCUT2D eigenvalue weighted by Crippen LogP contribution is 2.21. The van der Waals surface area contributed by atoms with Gasteiger partial charge in [0.1, 0.15) is 0 Å². The number of benzene rings is 1. The van der Waals surface area contributed by atoms with Crippen LogP contribution in [0.15, 0.2) is 24.3 Å². The van der Waals surface area contributed by atoms with Gasteiger partial charge in [-0.15, -0.1) is 12.4 Å². The van der Waals surface area contributed by atoms with E-state index < -0.39 is 0 Å². The standard InChI is InChI=1S/C16H23N3O2.ClH/c1-12(17)10-15(20)18-11-13-5-7-14(8-6-13)19-9-3-2-4-16(19)21;/h5-8,12H,2-4,9-11,17H2,1H3,(H,18,20);1H. The first kappa shape index (κ1) is 18.5. The van der Waals surface area contributed by atoms with Gasteiger partial charge in [-0.3, -0.25) is 9.59 Å². The van der Waals surface area contributed by atoms with Crippen LogP contribution >= 0.6 is 12.4 Å². The Morgan fingerprint density at radius 2 is 2.00 bits per heavy atom. The number of nitrogens with two attached hydrogens (primary N) is 1. The lowest BCUT2D eigenvalue weighted by Crippen LogP contribution is -2.35. The van der Waals surface area contributed by atoms with Gasteiger partial charge in [-0.2, -0.15) is 0 Å². The summed E-state index contributed by atoms with van der Waals surface area (Å²) in [6.07, 6.45) is 3.01. The summed E-state index contributed by atoms with van der Waals surface area (Å²) < 4.78 is 0. The zero-order valence-electron chi connectivity index (χ0n) is 12.9. The third-order valence-corrected chi connectivity index (χ3v) is 3.57. The van der Waals surface area contributed by atoms with Crippen LogP contribution < -0.4 is 16.0 Å². The molecule has 1 aromatic carbocycles. The number of anilines is 1. The highest BCUT2D eigenvalue weighted by Gasteiger charge is 2.19. The molecule has 5 nitrogen and oxygen atoms in total. The number of piperidine rings is 1. The Balaban J connectivity index is 0.00000242. The van der Waals surface area contributed by atoms with Crippen molar-refractivity contribution in [2.45, 2.75) is 45.2 Å². The van der Waals surface area contributed by atoms with Gasteiger partial charge in [-0.1, -0.05) is 12.1 Å². The van der Waals surface area contributed by atoms with Crippen LogP contribution in [0.1, 0.15) is 38.2 Å². The molecule has 3 N–H and O–H groups in total. The van der Waals surface area contributed by atoms with Gasteiger partial charge in [0.25, 0.3) is 0 Å². The molecule has 1 unspecified atom stereocenters. The van der Waals surface area contributed by atoms with E-state index in [0.29, 0.717) is 19.4 Å². The molecular formula is C16H24ClN3O2. The average Bonchev–Trinajstić information content (AvgIpc) is 2.46.